The van der Waals surface area contributed by atoms with Gasteiger partial charge >= 0.3 is 0 Å². The van der Waals surface area contributed by atoms with Crippen molar-refractivity contribution in [1.29, 1.82) is 0 Å². The van der Waals surface area contributed by atoms with E-state index in [0.29, 0.717) is 19.3 Å². The fourth-order valence-corrected chi connectivity index (χ4v) is 3.23. The summed E-state index contributed by atoms with van der Waals surface area (Å²) >= 11 is 0. The molecule has 0 aromatic heterocycles. The molecule has 2 aliphatic heterocycles. The Hall–Kier alpha value is -1.22. The van der Waals surface area contributed by atoms with E-state index in [1.807, 2.05) is 18.2 Å². The molecule has 2 aliphatic rings. The minimum absolute atomic E-state index is 0. The van der Waals surface area contributed by atoms with Crippen LogP contribution in [0, 0.1) is 5.92 Å². The van der Waals surface area contributed by atoms with Crippen LogP contribution in [0.25, 0.3) is 0 Å². The van der Waals surface area contributed by atoms with Crippen LogP contribution in [0.15, 0.2) is 23.2 Å². The summed E-state index contributed by atoms with van der Waals surface area (Å²) in [7, 11) is 2.20. The highest BCUT2D eigenvalue weighted by molar-refractivity contribution is 14.0. The van der Waals surface area contributed by atoms with Crippen molar-refractivity contribution in [2.75, 3.05) is 40.0 Å². The lowest BCUT2D eigenvalue weighted by molar-refractivity contribution is 0.174. The molecule has 1 atom stereocenters. The van der Waals surface area contributed by atoms with E-state index in [9.17, 15) is 0 Å². The Bertz CT molecular complexity index is 582. The summed E-state index contributed by atoms with van der Waals surface area (Å²) in [4.78, 5) is 7.11. The topological polar surface area (TPSA) is 58.1 Å². The number of guanidine groups is 1. The van der Waals surface area contributed by atoms with Crippen molar-refractivity contribution in [3.05, 3.63) is 23.8 Å². The van der Waals surface area contributed by atoms with Gasteiger partial charge in [-0.05, 0) is 57.0 Å². The van der Waals surface area contributed by atoms with Crippen molar-refractivity contribution in [1.82, 2.24) is 15.5 Å². The molecule has 1 fully saturated rings. The number of fused-ring (bicyclic) bond motifs is 1. The van der Waals surface area contributed by atoms with E-state index in [0.717, 1.165) is 42.7 Å². The second kappa shape index (κ2) is 10.1. The molecule has 6 nitrogen and oxygen atoms in total. The van der Waals surface area contributed by atoms with E-state index < -0.39 is 0 Å². The zero-order valence-electron chi connectivity index (χ0n) is 15.1. The summed E-state index contributed by atoms with van der Waals surface area (Å²) in [6.07, 6.45) is 2.58. The molecular weight excluding hydrogens is 431 g/mol. The molecule has 1 unspecified atom stereocenters. The molecule has 25 heavy (non-hydrogen) atoms. The summed E-state index contributed by atoms with van der Waals surface area (Å²) in [6, 6.07) is 5.99. The van der Waals surface area contributed by atoms with Gasteiger partial charge in [0.15, 0.2) is 17.5 Å². The van der Waals surface area contributed by atoms with Gasteiger partial charge < -0.3 is 25.0 Å². The van der Waals surface area contributed by atoms with Gasteiger partial charge in [0.25, 0.3) is 0 Å². The molecule has 0 saturated carbocycles. The third kappa shape index (κ3) is 5.91. The minimum atomic E-state index is 0. The van der Waals surface area contributed by atoms with Crippen LogP contribution in [-0.4, -0.2) is 50.9 Å². The van der Waals surface area contributed by atoms with E-state index in [1.165, 1.54) is 19.4 Å². The molecule has 140 valence electrons. The average molecular weight is 460 g/mol. The molecule has 0 bridgehead atoms. The highest BCUT2D eigenvalue weighted by Crippen LogP contribution is 2.32. The Balaban J connectivity index is 0.00000225. The molecule has 2 N–H and O–H groups in total. The first-order chi connectivity index (χ1) is 11.7. The number of likely N-dealkylation sites (tertiary alicyclic amines) is 1. The van der Waals surface area contributed by atoms with Gasteiger partial charge in [-0.15, -0.1) is 24.0 Å². The normalized spacial score (nSPS) is 20.1. The lowest BCUT2D eigenvalue weighted by Crippen LogP contribution is -2.43. The smallest absolute Gasteiger partial charge is 0.231 e. The van der Waals surface area contributed by atoms with Crippen molar-refractivity contribution in [3.8, 4) is 11.5 Å². The van der Waals surface area contributed by atoms with Gasteiger partial charge in [0.05, 0.1) is 6.54 Å². The predicted molar refractivity (Wildman–Crippen MR) is 111 cm³/mol. The van der Waals surface area contributed by atoms with Crippen LogP contribution >= 0.6 is 24.0 Å². The highest BCUT2D eigenvalue weighted by Gasteiger charge is 2.17. The molecule has 0 spiro atoms. The fraction of sp³-hybridized carbons (Fsp3) is 0.611. The monoisotopic (exact) mass is 460 g/mol. The zero-order valence-corrected chi connectivity index (χ0v) is 17.4. The maximum atomic E-state index is 5.42. The third-order valence-electron chi connectivity index (χ3n) is 4.48. The van der Waals surface area contributed by atoms with Crippen molar-refractivity contribution in [2.24, 2.45) is 10.9 Å². The number of nitrogens with zero attached hydrogens (tertiary/aromatic N) is 2. The second-order valence-corrected chi connectivity index (χ2v) is 6.53. The molecule has 2 heterocycles. The van der Waals surface area contributed by atoms with E-state index in [1.54, 1.807) is 0 Å². The van der Waals surface area contributed by atoms with Crippen molar-refractivity contribution in [2.45, 2.75) is 26.3 Å². The third-order valence-corrected chi connectivity index (χ3v) is 4.48. The summed E-state index contributed by atoms with van der Waals surface area (Å²) in [6.45, 7) is 7.23. The van der Waals surface area contributed by atoms with E-state index in [-0.39, 0.29) is 24.0 Å². The number of benzene rings is 1. The predicted octanol–water partition coefficient (Wildman–Crippen LogP) is 2.43. The molecule has 0 aliphatic carbocycles. The Morgan fingerprint density at radius 3 is 2.92 bits per heavy atom. The van der Waals surface area contributed by atoms with E-state index in [2.05, 4.69) is 29.5 Å². The lowest BCUT2D eigenvalue weighted by Gasteiger charge is -2.30. The van der Waals surface area contributed by atoms with Crippen molar-refractivity contribution < 1.29 is 9.47 Å². The average Bonchev–Trinajstić information content (AvgIpc) is 3.05. The standard InChI is InChI=1S/C18H28N4O2.HI/c1-3-19-18(21-11-15-5-4-8-22(2)12-15)20-10-14-6-7-16-17(9-14)24-13-23-16;/h6-7,9,15H,3-5,8,10-13H2,1-2H3,(H2,19,20,21);1H. The van der Waals surface area contributed by atoms with E-state index in [4.69, 9.17) is 14.5 Å². The number of piperidine rings is 1. The molecular formula is C18H29IN4O2. The van der Waals surface area contributed by atoms with Gasteiger partial charge in [0, 0.05) is 19.6 Å². The Morgan fingerprint density at radius 2 is 2.12 bits per heavy atom. The second-order valence-electron chi connectivity index (χ2n) is 6.53. The first kappa shape index (κ1) is 20.1. The Kier molecular flexibility index (Phi) is 8.08. The van der Waals surface area contributed by atoms with Gasteiger partial charge in [-0.2, -0.15) is 0 Å². The van der Waals surface area contributed by atoms with Gasteiger partial charge in [-0.3, -0.25) is 0 Å². The van der Waals surface area contributed by atoms with Crippen LogP contribution in [0.4, 0.5) is 0 Å². The number of nitrogens with one attached hydrogen (secondary N) is 2. The molecule has 7 heteroatoms. The number of rotatable bonds is 5. The molecule has 1 saturated heterocycles. The summed E-state index contributed by atoms with van der Waals surface area (Å²) < 4.78 is 10.8. The van der Waals surface area contributed by atoms with Gasteiger partial charge in [0.2, 0.25) is 6.79 Å². The maximum absolute atomic E-state index is 5.42. The summed E-state index contributed by atoms with van der Waals surface area (Å²) in [5.74, 6) is 3.20. The summed E-state index contributed by atoms with van der Waals surface area (Å²) in [5.41, 5.74) is 1.12. The quantitative estimate of drug-likeness (QED) is 0.402. The minimum Gasteiger partial charge on any atom is -0.454 e. The SMILES string of the molecule is CCNC(=NCc1ccc2c(c1)OCO2)NCC1CCCN(C)C1.I. The fourth-order valence-electron chi connectivity index (χ4n) is 3.23. The molecule has 0 amide bonds. The Morgan fingerprint density at radius 1 is 1.28 bits per heavy atom. The zero-order chi connectivity index (χ0) is 16.8. The van der Waals surface area contributed by atoms with E-state index >= 15 is 0 Å². The largest absolute Gasteiger partial charge is 0.454 e. The van der Waals surface area contributed by atoms with Crippen LogP contribution in [0.2, 0.25) is 0 Å². The van der Waals surface area contributed by atoms with Crippen molar-refractivity contribution in [3.63, 3.8) is 0 Å². The first-order valence-corrected chi connectivity index (χ1v) is 8.84. The first-order valence-electron chi connectivity index (χ1n) is 8.84. The van der Waals surface area contributed by atoms with Gasteiger partial charge in [0.1, 0.15) is 0 Å². The molecule has 1 aromatic rings. The molecule has 3 rings (SSSR count). The van der Waals surface area contributed by atoms with Crippen molar-refractivity contribution >= 4 is 29.9 Å². The summed E-state index contributed by atoms with van der Waals surface area (Å²) in [5, 5.41) is 6.82. The Labute approximate surface area is 167 Å². The van der Waals surface area contributed by atoms with Gasteiger partial charge in [-0.25, -0.2) is 4.99 Å². The van der Waals surface area contributed by atoms with Crippen LogP contribution in [0.1, 0.15) is 25.3 Å². The number of ether oxygens (including phenoxy) is 2. The van der Waals surface area contributed by atoms with Crippen LogP contribution < -0.4 is 20.1 Å². The number of hydrogen-bond donors (Lipinski definition) is 2. The van der Waals surface area contributed by atoms with Crippen LogP contribution in [-0.2, 0) is 6.54 Å². The number of aliphatic imine (C=N–C) groups is 1. The highest BCUT2D eigenvalue weighted by atomic mass is 127. The van der Waals surface area contributed by atoms with Crippen LogP contribution in [0.3, 0.4) is 0 Å². The lowest BCUT2D eigenvalue weighted by atomic mass is 9.99. The number of hydrogen-bond acceptors (Lipinski definition) is 4. The van der Waals surface area contributed by atoms with Gasteiger partial charge in [-0.1, -0.05) is 6.07 Å². The molecule has 0 radical (unpaired) electrons. The molecule has 1 aromatic carbocycles. The van der Waals surface area contributed by atoms with Crippen LogP contribution in [0.5, 0.6) is 11.5 Å². The maximum Gasteiger partial charge on any atom is 0.231 e. The number of halogens is 1.